The van der Waals surface area contributed by atoms with Crippen molar-refractivity contribution in [2.75, 3.05) is 18.4 Å². The maximum Gasteiger partial charge on any atom is 0.255 e. The van der Waals surface area contributed by atoms with Gasteiger partial charge in [0.15, 0.2) is 0 Å². The van der Waals surface area contributed by atoms with Gasteiger partial charge in [0, 0.05) is 17.8 Å². The fraction of sp³-hybridized carbons (Fsp3) is 0.300. The molecule has 1 N–H and O–H groups in total. The number of nitrogens with zero attached hydrogens (tertiary/aromatic N) is 5. The first-order chi connectivity index (χ1) is 13.3. The number of rotatable bonds is 6. The smallest absolute Gasteiger partial charge is 0.255 e. The van der Waals surface area contributed by atoms with Gasteiger partial charge >= 0.3 is 0 Å². The monoisotopic (exact) mass is 362 g/mol. The van der Waals surface area contributed by atoms with Crippen molar-refractivity contribution in [2.45, 2.75) is 25.9 Å². The van der Waals surface area contributed by atoms with E-state index < -0.39 is 0 Å². The van der Waals surface area contributed by atoms with E-state index in [-0.39, 0.29) is 5.91 Å². The third-order valence-corrected chi connectivity index (χ3v) is 4.81. The minimum absolute atomic E-state index is 0.0992. The van der Waals surface area contributed by atoms with E-state index in [0.717, 1.165) is 36.4 Å². The topological polar surface area (TPSA) is 75.9 Å². The number of hydrogen-bond donors (Lipinski definition) is 1. The van der Waals surface area contributed by atoms with Crippen LogP contribution in [0.3, 0.4) is 0 Å². The Morgan fingerprint density at radius 1 is 1.00 bits per heavy atom. The van der Waals surface area contributed by atoms with Crippen LogP contribution in [0.2, 0.25) is 0 Å². The van der Waals surface area contributed by atoms with Gasteiger partial charge in [-0.3, -0.25) is 9.69 Å². The van der Waals surface area contributed by atoms with Gasteiger partial charge in [-0.25, -0.2) is 4.68 Å². The highest BCUT2D eigenvalue weighted by Gasteiger charge is 2.15. The fourth-order valence-corrected chi connectivity index (χ4v) is 3.36. The molecule has 27 heavy (non-hydrogen) atoms. The summed E-state index contributed by atoms with van der Waals surface area (Å²) in [5.41, 5.74) is 3.70. The summed E-state index contributed by atoms with van der Waals surface area (Å²) in [6, 6.07) is 15.5. The van der Waals surface area contributed by atoms with Crippen molar-refractivity contribution in [3.05, 3.63) is 71.5 Å². The van der Waals surface area contributed by atoms with Crippen LogP contribution in [0.1, 0.15) is 34.3 Å². The van der Waals surface area contributed by atoms with E-state index in [1.807, 2.05) is 42.5 Å². The van der Waals surface area contributed by atoms with Crippen molar-refractivity contribution in [2.24, 2.45) is 0 Å². The molecule has 7 heteroatoms. The molecule has 1 aliphatic rings. The summed E-state index contributed by atoms with van der Waals surface area (Å²) in [5, 5.41) is 14.2. The summed E-state index contributed by atoms with van der Waals surface area (Å²) in [7, 11) is 0. The summed E-state index contributed by atoms with van der Waals surface area (Å²) in [6.07, 6.45) is 4.08. The molecule has 0 radical (unpaired) electrons. The molecule has 2 aromatic carbocycles. The number of carbonyl (C=O) groups excluding carboxylic acids is 1. The average molecular weight is 362 g/mol. The molecule has 0 aliphatic carbocycles. The van der Waals surface area contributed by atoms with Crippen LogP contribution in [0.15, 0.2) is 54.9 Å². The predicted octanol–water partition coefficient (Wildman–Crippen LogP) is 2.57. The Bertz CT molecular complexity index is 885. The molecule has 1 amide bonds. The number of amides is 1. The van der Waals surface area contributed by atoms with Crippen molar-refractivity contribution in [3.8, 4) is 0 Å². The van der Waals surface area contributed by atoms with Gasteiger partial charge in [0.2, 0.25) is 0 Å². The maximum atomic E-state index is 12.7. The third-order valence-electron chi connectivity index (χ3n) is 4.81. The van der Waals surface area contributed by atoms with Gasteiger partial charge in [-0.05, 0) is 65.7 Å². The van der Waals surface area contributed by atoms with Gasteiger partial charge in [0.25, 0.3) is 5.91 Å². The summed E-state index contributed by atoms with van der Waals surface area (Å²) in [6.45, 7) is 3.71. The zero-order chi connectivity index (χ0) is 18.5. The first kappa shape index (κ1) is 17.4. The summed E-state index contributed by atoms with van der Waals surface area (Å²) >= 11 is 0. The molecule has 1 aromatic heterocycles. The van der Waals surface area contributed by atoms with Gasteiger partial charge < -0.3 is 5.32 Å². The quantitative estimate of drug-likeness (QED) is 0.729. The predicted molar refractivity (Wildman–Crippen MR) is 102 cm³/mol. The SMILES string of the molecule is O=C(Nc1ccccc1CN1CCCC1)c1ccc(Cn2cnnn2)cc1. The molecule has 0 spiro atoms. The van der Waals surface area contributed by atoms with E-state index in [1.165, 1.54) is 12.8 Å². The molecule has 1 aliphatic heterocycles. The number of nitrogens with one attached hydrogen (secondary N) is 1. The highest BCUT2D eigenvalue weighted by molar-refractivity contribution is 6.04. The van der Waals surface area contributed by atoms with Crippen LogP contribution in [0.5, 0.6) is 0 Å². The van der Waals surface area contributed by atoms with Gasteiger partial charge in [-0.15, -0.1) is 5.10 Å². The standard InChI is InChI=1S/C20H22N6O/c27-20(17-9-7-16(8-10-17)13-26-15-21-23-24-26)22-19-6-2-1-5-18(19)14-25-11-3-4-12-25/h1-2,5-10,15H,3-4,11-14H2,(H,22,27). The zero-order valence-corrected chi connectivity index (χ0v) is 15.1. The number of tetrazole rings is 1. The van der Waals surface area contributed by atoms with E-state index in [2.05, 4.69) is 31.8 Å². The lowest BCUT2D eigenvalue weighted by Crippen LogP contribution is -2.20. The number of hydrogen-bond acceptors (Lipinski definition) is 5. The lowest BCUT2D eigenvalue weighted by atomic mass is 10.1. The number of carbonyl (C=O) groups is 1. The third kappa shape index (κ3) is 4.38. The van der Waals surface area contributed by atoms with E-state index in [4.69, 9.17) is 0 Å². The molecular weight excluding hydrogens is 340 g/mol. The van der Waals surface area contributed by atoms with Gasteiger partial charge in [0.05, 0.1) is 6.54 Å². The lowest BCUT2D eigenvalue weighted by molar-refractivity contribution is 0.102. The van der Waals surface area contributed by atoms with Crippen LogP contribution < -0.4 is 5.32 Å². The molecule has 138 valence electrons. The van der Waals surface area contributed by atoms with E-state index >= 15 is 0 Å². The Morgan fingerprint density at radius 3 is 2.52 bits per heavy atom. The lowest BCUT2D eigenvalue weighted by Gasteiger charge is -2.18. The van der Waals surface area contributed by atoms with Crippen molar-refractivity contribution in [3.63, 3.8) is 0 Å². The van der Waals surface area contributed by atoms with E-state index in [9.17, 15) is 4.79 Å². The highest BCUT2D eigenvalue weighted by Crippen LogP contribution is 2.20. The van der Waals surface area contributed by atoms with Crippen LogP contribution in [-0.2, 0) is 13.1 Å². The zero-order valence-electron chi connectivity index (χ0n) is 15.1. The minimum Gasteiger partial charge on any atom is -0.322 e. The fourth-order valence-electron chi connectivity index (χ4n) is 3.36. The molecule has 2 heterocycles. The summed E-state index contributed by atoms with van der Waals surface area (Å²) in [4.78, 5) is 15.1. The molecule has 3 aromatic rings. The second-order valence-corrected chi connectivity index (χ2v) is 6.80. The van der Waals surface area contributed by atoms with Crippen molar-refractivity contribution in [1.29, 1.82) is 0 Å². The second kappa shape index (κ2) is 8.09. The largest absolute Gasteiger partial charge is 0.322 e. The molecule has 4 rings (SSSR count). The minimum atomic E-state index is -0.0992. The maximum absolute atomic E-state index is 12.7. The Morgan fingerprint density at radius 2 is 1.78 bits per heavy atom. The highest BCUT2D eigenvalue weighted by atomic mass is 16.1. The average Bonchev–Trinajstić information content (AvgIpc) is 3.38. The summed E-state index contributed by atoms with van der Waals surface area (Å²) < 4.78 is 1.64. The van der Waals surface area contributed by atoms with Crippen molar-refractivity contribution < 1.29 is 4.79 Å². The van der Waals surface area contributed by atoms with Gasteiger partial charge in [0.1, 0.15) is 6.33 Å². The van der Waals surface area contributed by atoms with E-state index in [1.54, 1.807) is 11.0 Å². The number of anilines is 1. The van der Waals surface area contributed by atoms with Crippen LogP contribution in [0, 0.1) is 0 Å². The van der Waals surface area contributed by atoms with Crippen LogP contribution in [0.4, 0.5) is 5.69 Å². The molecule has 0 unspecified atom stereocenters. The van der Waals surface area contributed by atoms with Gasteiger partial charge in [-0.2, -0.15) is 0 Å². The molecule has 0 atom stereocenters. The van der Waals surface area contributed by atoms with E-state index in [0.29, 0.717) is 12.1 Å². The summed E-state index contributed by atoms with van der Waals surface area (Å²) in [5.74, 6) is -0.0992. The number of benzene rings is 2. The van der Waals surface area contributed by atoms with Crippen LogP contribution >= 0.6 is 0 Å². The first-order valence-corrected chi connectivity index (χ1v) is 9.19. The van der Waals surface area contributed by atoms with Crippen molar-refractivity contribution >= 4 is 11.6 Å². The normalized spacial score (nSPS) is 14.4. The Hall–Kier alpha value is -3.06. The molecule has 0 saturated carbocycles. The Kier molecular flexibility index (Phi) is 5.20. The molecule has 0 bridgehead atoms. The Balaban J connectivity index is 1.43. The Labute approximate surface area is 158 Å². The molecule has 1 fully saturated rings. The van der Waals surface area contributed by atoms with Crippen molar-refractivity contribution in [1.82, 2.24) is 25.1 Å². The number of aromatic nitrogens is 4. The van der Waals surface area contributed by atoms with Crippen LogP contribution in [-0.4, -0.2) is 44.1 Å². The number of likely N-dealkylation sites (tertiary alicyclic amines) is 1. The first-order valence-electron chi connectivity index (χ1n) is 9.19. The van der Waals surface area contributed by atoms with Crippen LogP contribution in [0.25, 0.3) is 0 Å². The molecular formula is C20H22N6O. The second-order valence-electron chi connectivity index (χ2n) is 6.80. The molecule has 1 saturated heterocycles. The molecule has 7 nitrogen and oxygen atoms in total. The van der Waals surface area contributed by atoms with Gasteiger partial charge in [-0.1, -0.05) is 30.3 Å². The number of para-hydroxylation sites is 1.